The van der Waals surface area contributed by atoms with Crippen LogP contribution < -0.4 is 0 Å². The molecular formula is C19H35NO2. The normalized spacial score (nSPS) is 40.2. The van der Waals surface area contributed by atoms with Crippen LogP contribution in [0.25, 0.3) is 0 Å². The summed E-state index contributed by atoms with van der Waals surface area (Å²) < 4.78 is 6.30. The topological polar surface area (TPSA) is 32.7 Å². The summed E-state index contributed by atoms with van der Waals surface area (Å²) in [6.45, 7) is 13.0. The summed E-state index contributed by atoms with van der Waals surface area (Å²) in [5.74, 6) is 1.66. The molecule has 2 saturated carbocycles. The monoisotopic (exact) mass is 309 g/mol. The van der Waals surface area contributed by atoms with Crippen molar-refractivity contribution in [3.8, 4) is 0 Å². The second kappa shape index (κ2) is 6.07. The Morgan fingerprint density at radius 1 is 1.18 bits per heavy atom. The number of hydrogen-bond acceptors (Lipinski definition) is 3. The summed E-state index contributed by atoms with van der Waals surface area (Å²) in [5, 5.41) is 10.4. The van der Waals surface area contributed by atoms with Crippen molar-refractivity contribution in [3.05, 3.63) is 0 Å². The second-order valence-electron chi connectivity index (χ2n) is 9.27. The maximum Gasteiger partial charge on any atom is 0.0900 e. The van der Waals surface area contributed by atoms with E-state index in [4.69, 9.17) is 4.74 Å². The lowest BCUT2D eigenvalue weighted by Crippen LogP contribution is -2.45. The van der Waals surface area contributed by atoms with Crippen LogP contribution in [0, 0.1) is 22.7 Å². The molecule has 2 bridgehead atoms. The number of fused-ring (bicyclic) bond motifs is 2. The van der Waals surface area contributed by atoms with Gasteiger partial charge < -0.3 is 14.7 Å². The fraction of sp³-hybridized carbons (Fsp3) is 1.00. The third-order valence-electron chi connectivity index (χ3n) is 6.94. The van der Waals surface area contributed by atoms with Crippen LogP contribution >= 0.6 is 0 Å². The Kier molecular flexibility index (Phi) is 4.61. The van der Waals surface area contributed by atoms with Gasteiger partial charge in [-0.1, -0.05) is 27.7 Å². The van der Waals surface area contributed by atoms with E-state index in [0.717, 1.165) is 31.5 Å². The molecule has 3 nitrogen and oxygen atoms in total. The van der Waals surface area contributed by atoms with Crippen LogP contribution in [0.15, 0.2) is 0 Å². The minimum Gasteiger partial charge on any atom is -0.389 e. The third-order valence-corrected chi connectivity index (χ3v) is 6.94. The first-order chi connectivity index (χ1) is 10.3. The Morgan fingerprint density at radius 2 is 1.86 bits per heavy atom. The van der Waals surface area contributed by atoms with Crippen molar-refractivity contribution in [3.63, 3.8) is 0 Å². The van der Waals surface area contributed by atoms with Crippen LogP contribution in [0.1, 0.15) is 59.8 Å². The molecule has 128 valence electrons. The molecule has 0 aromatic rings. The van der Waals surface area contributed by atoms with Crippen LogP contribution in [0.2, 0.25) is 0 Å². The number of aliphatic hydroxyl groups excluding tert-OH is 1. The maximum absolute atomic E-state index is 10.4. The first kappa shape index (κ1) is 16.7. The van der Waals surface area contributed by atoms with Gasteiger partial charge in [-0.15, -0.1) is 0 Å². The summed E-state index contributed by atoms with van der Waals surface area (Å²) >= 11 is 0. The standard InChI is InChI=1S/C19H35NO2/c1-14-6-9-20(10-7-14)12-16(21)13-22-17-18(2,3)15-5-8-19(17,4)11-15/h14-17,21H,5-13H2,1-4H3/t15-,16-,17-,19-/m1/s1. The average Bonchev–Trinajstić information content (AvgIpc) is 2.92. The number of nitrogens with zero attached hydrogens (tertiary/aromatic N) is 1. The predicted molar refractivity (Wildman–Crippen MR) is 89.8 cm³/mol. The smallest absolute Gasteiger partial charge is 0.0900 e. The van der Waals surface area contributed by atoms with Crippen molar-refractivity contribution in [1.29, 1.82) is 0 Å². The van der Waals surface area contributed by atoms with Gasteiger partial charge in [0.1, 0.15) is 0 Å². The first-order valence-corrected chi connectivity index (χ1v) is 9.33. The zero-order valence-electron chi connectivity index (χ0n) is 15.0. The van der Waals surface area contributed by atoms with Gasteiger partial charge in [-0.3, -0.25) is 0 Å². The molecule has 1 saturated heterocycles. The van der Waals surface area contributed by atoms with E-state index in [2.05, 4.69) is 32.6 Å². The van der Waals surface area contributed by atoms with Gasteiger partial charge in [0.15, 0.2) is 0 Å². The molecule has 0 aromatic carbocycles. The number of likely N-dealkylation sites (tertiary alicyclic amines) is 1. The van der Waals surface area contributed by atoms with E-state index < -0.39 is 0 Å². The van der Waals surface area contributed by atoms with E-state index in [1.807, 2.05) is 0 Å². The molecule has 0 unspecified atom stereocenters. The molecule has 3 aliphatic rings. The fourth-order valence-corrected chi connectivity index (χ4v) is 5.48. The van der Waals surface area contributed by atoms with Crippen molar-refractivity contribution in [1.82, 2.24) is 4.90 Å². The maximum atomic E-state index is 10.4. The highest BCUT2D eigenvalue weighted by molar-refractivity contribution is 5.09. The molecule has 3 rings (SSSR count). The molecule has 3 heteroatoms. The van der Waals surface area contributed by atoms with Crippen LogP contribution in [0.4, 0.5) is 0 Å². The Bertz CT molecular complexity index is 384. The number of hydrogen-bond donors (Lipinski definition) is 1. The van der Waals surface area contributed by atoms with Crippen LogP contribution in [0.5, 0.6) is 0 Å². The van der Waals surface area contributed by atoms with E-state index in [0.29, 0.717) is 18.1 Å². The van der Waals surface area contributed by atoms with E-state index in [1.165, 1.54) is 32.1 Å². The Hall–Kier alpha value is -0.120. The fourth-order valence-electron chi connectivity index (χ4n) is 5.48. The van der Waals surface area contributed by atoms with Crippen molar-refractivity contribution in [2.45, 2.75) is 72.0 Å². The lowest BCUT2D eigenvalue weighted by Gasteiger charge is -2.42. The van der Waals surface area contributed by atoms with E-state index in [1.54, 1.807) is 0 Å². The quantitative estimate of drug-likeness (QED) is 0.846. The van der Waals surface area contributed by atoms with E-state index in [9.17, 15) is 5.11 Å². The highest BCUT2D eigenvalue weighted by Gasteiger charge is 2.60. The molecule has 0 spiro atoms. The van der Waals surface area contributed by atoms with Crippen molar-refractivity contribution < 1.29 is 9.84 Å². The molecule has 0 aromatic heterocycles. The Balaban J connectivity index is 1.48. The summed E-state index contributed by atoms with van der Waals surface area (Å²) in [7, 11) is 0. The molecule has 22 heavy (non-hydrogen) atoms. The van der Waals surface area contributed by atoms with Gasteiger partial charge in [-0.2, -0.15) is 0 Å². The second-order valence-corrected chi connectivity index (χ2v) is 9.27. The number of piperidine rings is 1. The van der Waals surface area contributed by atoms with Gasteiger partial charge in [0.25, 0.3) is 0 Å². The first-order valence-electron chi connectivity index (χ1n) is 9.33. The van der Waals surface area contributed by atoms with Crippen LogP contribution in [0.3, 0.4) is 0 Å². The van der Waals surface area contributed by atoms with E-state index in [-0.39, 0.29) is 11.5 Å². The van der Waals surface area contributed by atoms with Gasteiger partial charge in [-0.25, -0.2) is 0 Å². The van der Waals surface area contributed by atoms with Crippen molar-refractivity contribution in [2.24, 2.45) is 22.7 Å². The SMILES string of the molecule is CC1CCN(C[C@@H](O)CO[C@@H]2C(C)(C)[C@@H]3CC[C@]2(C)C3)CC1. The van der Waals surface area contributed by atoms with Crippen LogP contribution in [-0.2, 0) is 4.74 Å². The third kappa shape index (κ3) is 3.09. The zero-order chi connectivity index (χ0) is 16.0. The van der Waals surface area contributed by atoms with Crippen molar-refractivity contribution in [2.75, 3.05) is 26.2 Å². The molecule has 1 heterocycles. The number of ether oxygens (including phenoxy) is 1. The molecule has 3 fully saturated rings. The minimum absolute atomic E-state index is 0.271. The van der Waals surface area contributed by atoms with Gasteiger partial charge in [0, 0.05) is 6.54 Å². The van der Waals surface area contributed by atoms with Crippen LogP contribution in [-0.4, -0.2) is 48.5 Å². The molecule has 0 amide bonds. The number of β-amino-alcohol motifs (C(OH)–C–C–N with tert-alkyl or cyclic N) is 1. The summed E-state index contributed by atoms with van der Waals surface area (Å²) in [5.41, 5.74) is 0.613. The summed E-state index contributed by atoms with van der Waals surface area (Å²) in [6, 6.07) is 0. The molecular weight excluding hydrogens is 274 g/mol. The molecule has 0 radical (unpaired) electrons. The van der Waals surface area contributed by atoms with Gasteiger partial charge in [0.2, 0.25) is 0 Å². The predicted octanol–water partition coefficient (Wildman–Crippen LogP) is 3.31. The molecule has 1 N–H and O–H groups in total. The van der Waals surface area contributed by atoms with E-state index >= 15 is 0 Å². The van der Waals surface area contributed by atoms with Gasteiger partial charge >= 0.3 is 0 Å². The molecule has 2 aliphatic carbocycles. The lowest BCUT2D eigenvalue weighted by molar-refractivity contribution is -0.114. The highest BCUT2D eigenvalue weighted by Crippen LogP contribution is 2.63. The van der Waals surface area contributed by atoms with Gasteiger partial charge in [-0.05, 0) is 67.9 Å². The lowest BCUT2D eigenvalue weighted by atomic mass is 9.70. The van der Waals surface area contributed by atoms with Crippen molar-refractivity contribution >= 4 is 0 Å². The average molecular weight is 309 g/mol. The minimum atomic E-state index is -0.341. The Labute approximate surface area is 136 Å². The summed E-state index contributed by atoms with van der Waals surface area (Å²) in [4.78, 5) is 2.40. The highest BCUT2D eigenvalue weighted by atomic mass is 16.5. The number of rotatable bonds is 5. The zero-order valence-corrected chi connectivity index (χ0v) is 15.0. The van der Waals surface area contributed by atoms with Gasteiger partial charge in [0.05, 0.1) is 18.8 Å². The largest absolute Gasteiger partial charge is 0.389 e. The molecule has 1 aliphatic heterocycles. The molecule has 4 atom stereocenters. The number of aliphatic hydroxyl groups is 1. The Morgan fingerprint density at radius 3 is 2.45 bits per heavy atom. The summed E-state index contributed by atoms with van der Waals surface area (Å²) in [6.07, 6.45) is 6.47.